The third kappa shape index (κ3) is 8.10. The lowest BCUT2D eigenvalue weighted by atomic mass is 10.0. The summed E-state index contributed by atoms with van der Waals surface area (Å²) in [6, 6.07) is 0. The first-order valence-electron chi connectivity index (χ1n) is 5.73. The van der Waals surface area contributed by atoms with Crippen molar-refractivity contribution < 1.29 is 0 Å². The number of hydrogen-bond donors (Lipinski definition) is 2. The molecule has 0 aliphatic rings. The molecule has 2 nitrogen and oxygen atoms in total. The monoisotopic (exact) mass is 196 g/mol. The van der Waals surface area contributed by atoms with Crippen LogP contribution in [0, 0.1) is 17.8 Å². The molecular formula is C12H24N2. The number of unbranched alkanes of at least 4 members (excludes halogenated alkanes) is 4. The minimum atomic E-state index is 0.361. The van der Waals surface area contributed by atoms with Crippen molar-refractivity contribution >= 4 is 0 Å². The molecule has 0 rings (SSSR count). The van der Waals surface area contributed by atoms with Gasteiger partial charge in [-0.2, -0.15) is 0 Å². The highest BCUT2D eigenvalue weighted by Gasteiger charge is 2.01. The van der Waals surface area contributed by atoms with E-state index < -0.39 is 0 Å². The van der Waals surface area contributed by atoms with Crippen molar-refractivity contribution in [2.75, 3.05) is 13.1 Å². The van der Waals surface area contributed by atoms with Gasteiger partial charge in [0.25, 0.3) is 0 Å². The van der Waals surface area contributed by atoms with E-state index in [2.05, 4.69) is 18.8 Å². The van der Waals surface area contributed by atoms with Gasteiger partial charge >= 0.3 is 0 Å². The maximum atomic E-state index is 5.61. The van der Waals surface area contributed by atoms with Gasteiger partial charge in [0.15, 0.2) is 0 Å². The lowest BCUT2D eigenvalue weighted by molar-refractivity contribution is 0.540. The normalized spacial score (nSPS) is 11.9. The van der Waals surface area contributed by atoms with Crippen molar-refractivity contribution in [3.8, 4) is 11.8 Å². The second kappa shape index (κ2) is 10.6. The molecule has 0 amide bonds. The molecule has 0 saturated carbocycles. The summed E-state index contributed by atoms with van der Waals surface area (Å²) in [6.45, 7) is 3.35. The quantitative estimate of drug-likeness (QED) is 0.482. The molecular weight excluding hydrogens is 172 g/mol. The van der Waals surface area contributed by atoms with Gasteiger partial charge in [-0.15, -0.1) is 0 Å². The van der Waals surface area contributed by atoms with Crippen LogP contribution in [0.25, 0.3) is 0 Å². The number of nitrogens with two attached hydrogens (primary N) is 2. The van der Waals surface area contributed by atoms with Gasteiger partial charge in [-0.1, -0.05) is 50.9 Å². The molecule has 1 atom stereocenters. The molecule has 0 aliphatic heterocycles. The zero-order valence-corrected chi connectivity index (χ0v) is 9.39. The maximum Gasteiger partial charge on any atom is 0.0551 e. The van der Waals surface area contributed by atoms with E-state index in [1.807, 2.05) is 0 Å². The molecule has 0 radical (unpaired) electrons. The van der Waals surface area contributed by atoms with Gasteiger partial charge < -0.3 is 11.5 Å². The number of rotatable bonds is 7. The van der Waals surface area contributed by atoms with Gasteiger partial charge in [0, 0.05) is 12.5 Å². The summed E-state index contributed by atoms with van der Waals surface area (Å²) >= 11 is 0. The first-order chi connectivity index (χ1) is 6.85. The Labute approximate surface area is 88.4 Å². The van der Waals surface area contributed by atoms with Crippen LogP contribution in [0.3, 0.4) is 0 Å². The van der Waals surface area contributed by atoms with Crippen LogP contribution in [0.1, 0.15) is 45.4 Å². The molecule has 0 heterocycles. The average Bonchev–Trinajstić information content (AvgIpc) is 2.22. The Morgan fingerprint density at radius 2 is 1.79 bits per heavy atom. The van der Waals surface area contributed by atoms with E-state index in [4.69, 9.17) is 11.5 Å². The summed E-state index contributed by atoms with van der Waals surface area (Å²) in [7, 11) is 0. The highest BCUT2D eigenvalue weighted by Crippen LogP contribution is 2.10. The summed E-state index contributed by atoms with van der Waals surface area (Å²) < 4.78 is 0. The van der Waals surface area contributed by atoms with E-state index in [1.165, 1.54) is 32.1 Å². The van der Waals surface area contributed by atoms with Crippen LogP contribution in [0.4, 0.5) is 0 Å². The Balaban J connectivity index is 3.43. The minimum absolute atomic E-state index is 0.361. The minimum Gasteiger partial charge on any atom is -0.329 e. The lowest BCUT2D eigenvalue weighted by Gasteiger charge is -2.06. The van der Waals surface area contributed by atoms with Crippen LogP contribution in [0.5, 0.6) is 0 Å². The van der Waals surface area contributed by atoms with Gasteiger partial charge in [0.1, 0.15) is 0 Å². The summed E-state index contributed by atoms with van der Waals surface area (Å²) in [5, 5.41) is 0. The first kappa shape index (κ1) is 13.5. The van der Waals surface area contributed by atoms with Gasteiger partial charge in [-0.3, -0.25) is 0 Å². The van der Waals surface area contributed by atoms with Gasteiger partial charge in [-0.25, -0.2) is 0 Å². The van der Waals surface area contributed by atoms with E-state index >= 15 is 0 Å². The predicted octanol–water partition coefficient (Wildman–Crippen LogP) is 1.88. The van der Waals surface area contributed by atoms with E-state index in [0.29, 0.717) is 19.0 Å². The summed E-state index contributed by atoms with van der Waals surface area (Å²) in [5.74, 6) is 6.37. The van der Waals surface area contributed by atoms with Gasteiger partial charge in [0.05, 0.1) is 6.54 Å². The molecule has 82 valence electrons. The summed E-state index contributed by atoms with van der Waals surface area (Å²) in [4.78, 5) is 0. The zero-order chi connectivity index (χ0) is 10.6. The Morgan fingerprint density at radius 1 is 1.07 bits per heavy atom. The van der Waals surface area contributed by atoms with Gasteiger partial charge in [0.2, 0.25) is 0 Å². The second-order valence-corrected chi connectivity index (χ2v) is 3.66. The molecule has 0 aromatic carbocycles. The van der Waals surface area contributed by atoms with Crippen LogP contribution in [0.2, 0.25) is 0 Å². The van der Waals surface area contributed by atoms with E-state index in [0.717, 1.165) is 6.42 Å². The molecule has 0 aliphatic carbocycles. The van der Waals surface area contributed by atoms with Gasteiger partial charge in [-0.05, 0) is 6.42 Å². The predicted molar refractivity (Wildman–Crippen MR) is 62.8 cm³/mol. The summed E-state index contributed by atoms with van der Waals surface area (Å²) in [5.41, 5.74) is 10.9. The van der Waals surface area contributed by atoms with Crippen molar-refractivity contribution in [3.63, 3.8) is 0 Å². The Morgan fingerprint density at radius 3 is 2.36 bits per heavy atom. The first-order valence-corrected chi connectivity index (χ1v) is 5.73. The zero-order valence-electron chi connectivity index (χ0n) is 9.39. The average molecular weight is 196 g/mol. The second-order valence-electron chi connectivity index (χ2n) is 3.66. The van der Waals surface area contributed by atoms with E-state index in [9.17, 15) is 0 Å². The van der Waals surface area contributed by atoms with Crippen molar-refractivity contribution in [3.05, 3.63) is 0 Å². The molecule has 1 unspecified atom stereocenters. The fourth-order valence-electron chi connectivity index (χ4n) is 1.45. The van der Waals surface area contributed by atoms with E-state index in [-0.39, 0.29) is 0 Å². The highest BCUT2D eigenvalue weighted by molar-refractivity contribution is 5.04. The van der Waals surface area contributed by atoms with Crippen molar-refractivity contribution in [2.45, 2.75) is 45.4 Å². The molecule has 4 N–H and O–H groups in total. The number of hydrogen-bond acceptors (Lipinski definition) is 2. The van der Waals surface area contributed by atoms with Crippen molar-refractivity contribution in [1.82, 2.24) is 0 Å². The molecule has 0 fully saturated rings. The van der Waals surface area contributed by atoms with Crippen LogP contribution < -0.4 is 11.5 Å². The maximum absolute atomic E-state index is 5.61. The van der Waals surface area contributed by atoms with Crippen LogP contribution in [0.15, 0.2) is 0 Å². The Bertz CT molecular complexity index is 167. The standard InChI is InChI=1S/C12H24N2/c1-2-3-4-5-6-8-12(11-14)9-7-10-13/h12H,2-6,8,10-11,13-14H2,1H3. The molecule has 0 spiro atoms. The molecule has 0 saturated heterocycles. The smallest absolute Gasteiger partial charge is 0.0551 e. The molecule has 0 aromatic heterocycles. The Kier molecular flexibility index (Phi) is 10.2. The van der Waals surface area contributed by atoms with Crippen molar-refractivity contribution in [1.29, 1.82) is 0 Å². The summed E-state index contributed by atoms with van der Waals surface area (Å²) in [6.07, 6.45) is 7.69. The highest BCUT2D eigenvalue weighted by atomic mass is 14.5. The topological polar surface area (TPSA) is 52.0 Å². The van der Waals surface area contributed by atoms with Crippen LogP contribution in [-0.2, 0) is 0 Å². The Hall–Kier alpha value is -0.520. The molecule has 14 heavy (non-hydrogen) atoms. The fraction of sp³-hybridized carbons (Fsp3) is 0.833. The molecule has 0 aromatic rings. The fourth-order valence-corrected chi connectivity index (χ4v) is 1.45. The molecule has 0 bridgehead atoms. The lowest BCUT2D eigenvalue weighted by Crippen LogP contribution is -2.12. The third-order valence-electron chi connectivity index (χ3n) is 2.35. The largest absolute Gasteiger partial charge is 0.329 e. The third-order valence-corrected chi connectivity index (χ3v) is 2.35. The van der Waals surface area contributed by atoms with Crippen LogP contribution >= 0.6 is 0 Å². The van der Waals surface area contributed by atoms with E-state index in [1.54, 1.807) is 0 Å². The SMILES string of the molecule is CCCCCCCC(C#CCN)CN. The van der Waals surface area contributed by atoms with Crippen molar-refractivity contribution in [2.24, 2.45) is 17.4 Å². The van der Waals surface area contributed by atoms with Crippen LogP contribution in [-0.4, -0.2) is 13.1 Å². The molecule has 2 heteroatoms.